The molecule has 9 aromatic rings. The van der Waals surface area contributed by atoms with Crippen LogP contribution in [0.5, 0.6) is 5.75 Å². The van der Waals surface area contributed by atoms with Crippen LogP contribution < -0.4 is 9.64 Å². The number of benzene rings is 9. The van der Waals surface area contributed by atoms with Crippen molar-refractivity contribution in [3.8, 4) is 28.0 Å². The predicted octanol–water partition coefficient (Wildman–Crippen LogP) is 17.8. The molecule has 2 nitrogen and oxygen atoms in total. The van der Waals surface area contributed by atoms with Crippen LogP contribution in [-0.4, -0.2) is 0 Å². The van der Waals surface area contributed by atoms with Crippen molar-refractivity contribution in [2.75, 3.05) is 4.90 Å². The fraction of sp³-hybridized carbons (Fsp3) is 0.217. The number of para-hydroxylation sites is 1. The fourth-order valence-corrected chi connectivity index (χ4v) is 12.7. The van der Waals surface area contributed by atoms with Gasteiger partial charge in [-0.25, -0.2) is 0 Å². The van der Waals surface area contributed by atoms with Crippen LogP contribution in [0.15, 0.2) is 200 Å². The van der Waals surface area contributed by atoms with Crippen molar-refractivity contribution in [3.63, 3.8) is 0 Å². The number of aryl methyl sites for hydroxylation is 4. The molecule has 0 amide bonds. The lowest BCUT2D eigenvalue weighted by Crippen LogP contribution is -2.29. The maximum absolute atomic E-state index is 6.60. The van der Waals surface area contributed by atoms with Gasteiger partial charge in [-0.15, -0.1) is 0 Å². The summed E-state index contributed by atoms with van der Waals surface area (Å²) in [5.74, 6) is 1.92. The molecule has 2 heteroatoms. The topological polar surface area (TPSA) is 12.5 Å². The lowest BCUT2D eigenvalue weighted by molar-refractivity contribution is 0.306. The molecule has 0 aromatic heterocycles. The van der Waals surface area contributed by atoms with Crippen LogP contribution in [0.2, 0.25) is 0 Å². The second-order valence-corrected chi connectivity index (χ2v) is 21.3. The Morgan fingerprint density at radius 1 is 0.493 bits per heavy atom. The van der Waals surface area contributed by atoms with Gasteiger partial charge in [-0.3, -0.25) is 0 Å². The highest BCUT2D eigenvalue weighted by Gasteiger charge is 2.47. The van der Waals surface area contributed by atoms with E-state index in [2.05, 4.69) is 247 Å². The average Bonchev–Trinajstić information content (AvgIpc) is 3.81. The van der Waals surface area contributed by atoms with Crippen molar-refractivity contribution in [2.45, 2.75) is 96.5 Å². The number of ether oxygens (including phenoxy) is 1. The minimum absolute atomic E-state index is 0.122. The SMILES string of the molecule is CCC(CC(C)c1ccc(COc2ccc(C3(c4cc(C)cc(C)c4)c4ccccc4-c4ccc(N(c5ccccc5)c5ccc6c(c5)C(C)(C)c5ccccc5-6)cc43)cc2)cc1)c1ccc2c(c1)CC2. The summed E-state index contributed by atoms with van der Waals surface area (Å²) in [6.45, 7) is 14.4. The molecule has 0 radical (unpaired) electrons. The summed E-state index contributed by atoms with van der Waals surface area (Å²) in [6, 6.07) is 75.6. The normalized spacial score (nSPS) is 16.4. The summed E-state index contributed by atoms with van der Waals surface area (Å²) in [5.41, 5.74) is 25.4. The molecule has 9 aromatic carbocycles. The van der Waals surface area contributed by atoms with E-state index in [0.29, 0.717) is 18.4 Å². The largest absolute Gasteiger partial charge is 0.489 e. The van der Waals surface area contributed by atoms with Crippen LogP contribution in [0.1, 0.15) is 125 Å². The van der Waals surface area contributed by atoms with Gasteiger partial charge in [0.15, 0.2) is 0 Å². The second-order valence-electron chi connectivity index (χ2n) is 21.3. The van der Waals surface area contributed by atoms with Crippen molar-refractivity contribution in [3.05, 3.63) is 273 Å². The van der Waals surface area contributed by atoms with E-state index in [1.807, 2.05) is 0 Å². The summed E-state index contributed by atoms with van der Waals surface area (Å²) in [6.07, 6.45) is 4.80. The van der Waals surface area contributed by atoms with Crippen molar-refractivity contribution < 1.29 is 4.74 Å². The third-order valence-electron chi connectivity index (χ3n) is 16.5. The maximum Gasteiger partial charge on any atom is 0.119 e. The molecule has 0 bridgehead atoms. The highest BCUT2D eigenvalue weighted by Crippen LogP contribution is 2.58. The van der Waals surface area contributed by atoms with E-state index in [4.69, 9.17) is 4.74 Å². The van der Waals surface area contributed by atoms with Crippen LogP contribution in [-0.2, 0) is 30.3 Å². The first-order valence-electron chi connectivity index (χ1n) is 26.0. The first-order chi connectivity index (χ1) is 34.6. The van der Waals surface area contributed by atoms with Gasteiger partial charge in [0.2, 0.25) is 0 Å². The molecule has 71 heavy (non-hydrogen) atoms. The average molecular weight is 922 g/mol. The highest BCUT2D eigenvalue weighted by molar-refractivity contribution is 5.91. The molecule has 0 spiro atoms. The Bertz CT molecular complexity index is 3430. The van der Waals surface area contributed by atoms with Gasteiger partial charge in [0.05, 0.1) is 5.41 Å². The maximum atomic E-state index is 6.60. The Balaban J connectivity index is 0.891. The molecule has 3 aliphatic carbocycles. The van der Waals surface area contributed by atoms with Gasteiger partial charge in [-0.05, 0) is 183 Å². The second kappa shape index (κ2) is 17.8. The molecule has 0 heterocycles. The van der Waals surface area contributed by atoms with E-state index in [1.54, 1.807) is 11.1 Å². The Morgan fingerprint density at radius 3 is 1.75 bits per heavy atom. The Kier molecular flexibility index (Phi) is 11.2. The first-order valence-corrected chi connectivity index (χ1v) is 26.0. The van der Waals surface area contributed by atoms with Crippen molar-refractivity contribution in [1.29, 1.82) is 0 Å². The van der Waals surface area contributed by atoms with E-state index in [0.717, 1.165) is 35.7 Å². The number of hydrogen-bond acceptors (Lipinski definition) is 2. The summed E-state index contributed by atoms with van der Waals surface area (Å²) < 4.78 is 6.60. The summed E-state index contributed by atoms with van der Waals surface area (Å²) in [4.78, 5) is 2.45. The molecule has 350 valence electrons. The zero-order valence-corrected chi connectivity index (χ0v) is 42.1. The zero-order chi connectivity index (χ0) is 48.4. The summed E-state index contributed by atoms with van der Waals surface area (Å²) in [5, 5.41) is 0. The van der Waals surface area contributed by atoms with E-state index in [1.165, 1.54) is 96.3 Å². The minimum atomic E-state index is -0.592. The van der Waals surface area contributed by atoms with Crippen LogP contribution in [0.25, 0.3) is 22.3 Å². The van der Waals surface area contributed by atoms with E-state index < -0.39 is 5.41 Å². The van der Waals surface area contributed by atoms with E-state index in [9.17, 15) is 0 Å². The summed E-state index contributed by atoms with van der Waals surface area (Å²) in [7, 11) is 0. The van der Waals surface area contributed by atoms with Gasteiger partial charge in [0.1, 0.15) is 12.4 Å². The van der Waals surface area contributed by atoms with Crippen molar-refractivity contribution >= 4 is 17.1 Å². The molecule has 0 fully saturated rings. The fourth-order valence-electron chi connectivity index (χ4n) is 12.7. The van der Waals surface area contributed by atoms with E-state index in [-0.39, 0.29) is 5.41 Å². The van der Waals surface area contributed by atoms with Crippen LogP contribution in [0.3, 0.4) is 0 Å². The number of anilines is 3. The van der Waals surface area contributed by atoms with Crippen LogP contribution in [0.4, 0.5) is 17.1 Å². The lowest BCUT2D eigenvalue weighted by Gasteiger charge is -2.35. The zero-order valence-electron chi connectivity index (χ0n) is 42.1. The molecule has 3 aliphatic rings. The third-order valence-corrected chi connectivity index (χ3v) is 16.5. The number of nitrogens with zero attached hydrogens (tertiary/aromatic N) is 1. The van der Waals surface area contributed by atoms with Crippen molar-refractivity contribution in [2.24, 2.45) is 0 Å². The smallest absolute Gasteiger partial charge is 0.119 e. The molecule has 3 atom stereocenters. The first kappa shape index (κ1) is 44.8. The van der Waals surface area contributed by atoms with Gasteiger partial charge in [-0.2, -0.15) is 0 Å². The Morgan fingerprint density at radius 2 is 1.08 bits per heavy atom. The van der Waals surface area contributed by atoms with Gasteiger partial charge in [-0.1, -0.05) is 190 Å². The van der Waals surface area contributed by atoms with Gasteiger partial charge >= 0.3 is 0 Å². The van der Waals surface area contributed by atoms with Gasteiger partial charge in [0.25, 0.3) is 0 Å². The van der Waals surface area contributed by atoms with Crippen molar-refractivity contribution in [1.82, 2.24) is 0 Å². The molecule has 0 saturated carbocycles. The van der Waals surface area contributed by atoms with Gasteiger partial charge < -0.3 is 9.64 Å². The predicted molar refractivity (Wildman–Crippen MR) is 296 cm³/mol. The molecular formula is C69H63NO. The standard InChI is InChI=1S/C69H63NO/c1-7-49(52-27-25-51-26-28-53(51)41-52)40-47(4)50-23-21-48(22-24-50)44-71-59-33-29-54(30-34-59)69(55-38-45(2)37-46(3)39-55)65-20-14-12-18-61(65)63-36-32-58(43-67(63)69)70(56-15-9-8-10-16-56)57-31-35-62-60-17-11-13-19-64(60)68(5,6)66(62)42-57/h8-25,27,29-39,41-43,47,49H,7,26,28,40,44H2,1-6H3. The minimum Gasteiger partial charge on any atom is -0.489 e. The molecule has 3 unspecified atom stereocenters. The molecule has 0 aliphatic heterocycles. The highest BCUT2D eigenvalue weighted by atomic mass is 16.5. The van der Waals surface area contributed by atoms with Crippen LogP contribution in [0, 0.1) is 13.8 Å². The van der Waals surface area contributed by atoms with E-state index >= 15 is 0 Å². The Hall–Kier alpha value is -7.42. The summed E-state index contributed by atoms with van der Waals surface area (Å²) >= 11 is 0. The quantitative estimate of drug-likeness (QED) is 0.114. The third kappa shape index (κ3) is 7.62. The Labute approximate surface area is 421 Å². The monoisotopic (exact) mass is 921 g/mol. The lowest BCUT2D eigenvalue weighted by atomic mass is 9.67. The molecule has 12 rings (SSSR count). The van der Waals surface area contributed by atoms with Gasteiger partial charge in [0, 0.05) is 22.5 Å². The molecule has 0 saturated heterocycles. The molecule has 0 N–H and O–H groups in total. The van der Waals surface area contributed by atoms with Crippen LogP contribution >= 0.6 is 0 Å². The number of fused-ring (bicyclic) bond motifs is 7. The molecular weight excluding hydrogens is 859 g/mol. The number of rotatable bonds is 13. The number of hydrogen-bond donors (Lipinski definition) is 0.